The fourth-order valence-electron chi connectivity index (χ4n) is 2.36. The van der Waals surface area contributed by atoms with Gasteiger partial charge in [-0.05, 0) is 25.0 Å². The van der Waals surface area contributed by atoms with Gasteiger partial charge in [0.1, 0.15) is 5.82 Å². The minimum atomic E-state index is -3.17. The van der Waals surface area contributed by atoms with Crippen LogP contribution in [0.5, 0.6) is 5.75 Å². The van der Waals surface area contributed by atoms with Crippen LogP contribution in [-0.2, 0) is 9.59 Å². The van der Waals surface area contributed by atoms with Crippen molar-refractivity contribution in [3.05, 3.63) is 24.0 Å². The fourth-order valence-corrected chi connectivity index (χ4v) is 2.36. The Labute approximate surface area is 124 Å². The number of carboxylic acid groups (broad SMARTS) is 1. The lowest BCUT2D eigenvalue weighted by atomic mass is 9.66. The highest BCUT2D eigenvalue weighted by molar-refractivity contribution is 5.95. The highest BCUT2D eigenvalue weighted by Gasteiger charge is 2.45. The number of benzene rings is 1. The molecule has 0 radical (unpaired) electrons. The summed E-state index contributed by atoms with van der Waals surface area (Å²) in [6.07, 6.45) is 1.23. The molecule has 1 aromatic carbocycles. The number of halogens is 3. The van der Waals surface area contributed by atoms with E-state index in [1.807, 2.05) is 0 Å². The number of hydrogen-bond acceptors (Lipinski definition) is 3. The second-order valence-electron chi connectivity index (χ2n) is 5.18. The first-order chi connectivity index (χ1) is 10.3. The lowest BCUT2D eigenvalue weighted by molar-refractivity contribution is -0.157. The number of amides is 1. The number of rotatable bonds is 6. The first kappa shape index (κ1) is 16.1. The Morgan fingerprint density at radius 1 is 1.36 bits per heavy atom. The van der Waals surface area contributed by atoms with E-state index in [1.54, 1.807) is 0 Å². The molecular formula is C14H14F3NO4. The molecule has 0 atom stereocenters. The Hall–Kier alpha value is -2.25. The maximum absolute atomic E-state index is 13.1. The maximum atomic E-state index is 13.1. The molecule has 0 aliphatic heterocycles. The number of hydrogen-bond donors (Lipinski definition) is 2. The number of carbonyl (C=O) groups is 2. The molecule has 1 aliphatic rings. The van der Waals surface area contributed by atoms with Gasteiger partial charge in [0, 0.05) is 12.5 Å². The zero-order chi connectivity index (χ0) is 16.3. The molecule has 8 heteroatoms. The summed E-state index contributed by atoms with van der Waals surface area (Å²) < 4.78 is 41.8. The quantitative estimate of drug-likeness (QED) is 0.845. The molecule has 1 aromatic rings. The number of ether oxygens (including phenoxy) is 1. The molecule has 0 unspecified atom stereocenters. The molecule has 1 aliphatic carbocycles. The summed E-state index contributed by atoms with van der Waals surface area (Å²) in [4.78, 5) is 23.1. The van der Waals surface area contributed by atoms with Gasteiger partial charge in [0.2, 0.25) is 5.91 Å². The van der Waals surface area contributed by atoms with Gasteiger partial charge in [0.05, 0.1) is 11.1 Å². The van der Waals surface area contributed by atoms with E-state index >= 15 is 0 Å². The average Bonchev–Trinajstić information content (AvgIpc) is 2.36. The summed E-state index contributed by atoms with van der Waals surface area (Å²) in [5, 5.41) is 11.4. The average molecular weight is 317 g/mol. The van der Waals surface area contributed by atoms with Gasteiger partial charge in [-0.25, -0.2) is 4.39 Å². The second kappa shape index (κ2) is 6.25. The number of aliphatic carboxylic acids is 1. The summed E-state index contributed by atoms with van der Waals surface area (Å²) in [6.45, 7) is -3.17. The van der Waals surface area contributed by atoms with Crippen LogP contribution in [0.3, 0.4) is 0 Å². The Balaban J connectivity index is 2.09. The SMILES string of the molecule is O=C(CC1(C(=O)O)CCC1)Nc1ccc(F)cc1OC(F)F. The van der Waals surface area contributed by atoms with Crippen LogP contribution in [-0.4, -0.2) is 23.6 Å². The lowest BCUT2D eigenvalue weighted by Crippen LogP contribution is -2.41. The van der Waals surface area contributed by atoms with Crippen molar-refractivity contribution >= 4 is 17.6 Å². The van der Waals surface area contributed by atoms with E-state index < -0.39 is 35.5 Å². The number of carboxylic acids is 1. The van der Waals surface area contributed by atoms with Crippen molar-refractivity contribution < 1.29 is 32.6 Å². The van der Waals surface area contributed by atoms with Crippen molar-refractivity contribution in [3.63, 3.8) is 0 Å². The van der Waals surface area contributed by atoms with Crippen molar-refractivity contribution in [2.75, 3.05) is 5.32 Å². The van der Waals surface area contributed by atoms with Gasteiger partial charge >= 0.3 is 12.6 Å². The fraction of sp³-hybridized carbons (Fsp3) is 0.429. The number of alkyl halides is 2. The van der Waals surface area contributed by atoms with E-state index in [-0.39, 0.29) is 12.1 Å². The van der Waals surface area contributed by atoms with Crippen molar-refractivity contribution in [1.29, 1.82) is 0 Å². The van der Waals surface area contributed by atoms with Gasteiger partial charge in [0.25, 0.3) is 0 Å². The molecule has 2 rings (SSSR count). The summed E-state index contributed by atoms with van der Waals surface area (Å²) in [6, 6.07) is 2.78. The van der Waals surface area contributed by atoms with Crippen LogP contribution in [0.25, 0.3) is 0 Å². The van der Waals surface area contributed by atoms with Crippen LogP contribution in [0.1, 0.15) is 25.7 Å². The van der Waals surface area contributed by atoms with Gasteiger partial charge in [-0.1, -0.05) is 6.42 Å². The van der Waals surface area contributed by atoms with Crippen LogP contribution < -0.4 is 10.1 Å². The standard InChI is InChI=1S/C14H14F3NO4/c15-8-2-3-9(10(6-8)22-13(16)17)18-11(19)7-14(12(20)21)4-1-5-14/h2-3,6,13H,1,4-5,7H2,(H,18,19)(H,20,21). The van der Waals surface area contributed by atoms with Gasteiger partial charge in [-0.15, -0.1) is 0 Å². The molecule has 2 N–H and O–H groups in total. The van der Waals surface area contributed by atoms with Crippen molar-refractivity contribution in [2.45, 2.75) is 32.3 Å². The molecule has 22 heavy (non-hydrogen) atoms. The van der Waals surface area contributed by atoms with Crippen molar-refractivity contribution in [1.82, 2.24) is 0 Å². The van der Waals surface area contributed by atoms with E-state index in [2.05, 4.69) is 10.1 Å². The van der Waals surface area contributed by atoms with Gasteiger partial charge in [-0.3, -0.25) is 9.59 Å². The molecule has 1 saturated carbocycles. The van der Waals surface area contributed by atoms with E-state index in [0.717, 1.165) is 24.6 Å². The van der Waals surface area contributed by atoms with Crippen molar-refractivity contribution in [2.24, 2.45) is 5.41 Å². The third-order valence-electron chi connectivity index (χ3n) is 3.70. The molecule has 1 fully saturated rings. The van der Waals surface area contributed by atoms with Gasteiger partial charge in [0.15, 0.2) is 5.75 Å². The Morgan fingerprint density at radius 3 is 2.55 bits per heavy atom. The predicted octanol–water partition coefficient (Wildman–Crippen LogP) is 3.01. The largest absolute Gasteiger partial charge is 0.481 e. The second-order valence-corrected chi connectivity index (χ2v) is 5.18. The zero-order valence-corrected chi connectivity index (χ0v) is 11.4. The van der Waals surface area contributed by atoms with Crippen LogP contribution in [0.4, 0.5) is 18.9 Å². The molecular weight excluding hydrogens is 303 g/mol. The Morgan fingerprint density at radius 2 is 2.05 bits per heavy atom. The zero-order valence-electron chi connectivity index (χ0n) is 11.4. The molecule has 0 spiro atoms. The first-order valence-corrected chi connectivity index (χ1v) is 6.60. The minimum Gasteiger partial charge on any atom is -0.481 e. The van der Waals surface area contributed by atoms with E-state index in [1.165, 1.54) is 0 Å². The lowest BCUT2D eigenvalue weighted by Gasteiger charge is -2.36. The molecule has 5 nitrogen and oxygen atoms in total. The van der Waals surface area contributed by atoms with Crippen LogP contribution in [0, 0.1) is 11.2 Å². The van der Waals surface area contributed by atoms with E-state index in [4.69, 9.17) is 5.11 Å². The summed E-state index contributed by atoms with van der Waals surface area (Å²) in [7, 11) is 0. The number of nitrogens with one attached hydrogen (secondary N) is 1. The van der Waals surface area contributed by atoms with Crippen molar-refractivity contribution in [3.8, 4) is 5.75 Å². The van der Waals surface area contributed by atoms with Gasteiger partial charge in [-0.2, -0.15) is 8.78 Å². The molecule has 0 bridgehead atoms. The topological polar surface area (TPSA) is 75.6 Å². The number of anilines is 1. The molecule has 0 saturated heterocycles. The summed E-state index contributed by atoms with van der Waals surface area (Å²) in [5.41, 5.74) is -1.24. The summed E-state index contributed by atoms with van der Waals surface area (Å²) in [5.74, 6) is -3.01. The van der Waals surface area contributed by atoms with Crippen LogP contribution >= 0.6 is 0 Å². The van der Waals surface area contributed by atoms with Crippen LogP contribution in [0.15, 0.2) is 18.2 Å². The van der Waals surface area contributed by atoms with E-state index in [0.29, 0.717) is 12.8 Å². The van der Waals surface area contributed by atoms with Gasteiger partial charge < -0.3 is 15.2 Å². The van der Waals surface area contributed by atoms with Crippen LogP contribution in [0.2, 0.25) is 0 Å². The highest BCUT2D eigenvalue weighted by atomic mass is 19.3. The molecule has 0 heterocycles. The monoisotopic (exact) mass is 317 g/mol. The van der Waals surface area contributed by atoms with E-state index in [9.17, 15) is 22.8 Å². The molecule has 120 valence electrons. The highest BCUT2D eigenvalue weighted by Crippen LogP contribution is 2.44. The minimum absolute atomic E-state index is 0.133. The summed E-state index contributed by atoms with van der Waals surface area (Å²) >= 11 is 0. The maximum Gasteiger partial charge on any atom is 0.387 e. The predicted molar refractivity (Wildman–Crippen MR) is 70.2 cm³/mol. The molecule has 1 amide bonds. The third-order valence-corrected chi connectivity index (χ3v) is 3.70. The Bertz CT molecular complexity index is 587. The first-order valence-electron chi connectivity index (χ1n) is 6.60. The third kappa shape index (κ3) is 3.49. The Kier molecular flexibility index (Phi) is 4.58. The normalized spacial score (nSPS) is 16.0. The number of carbonyl (C=O) groups excluding carboxylic acids is 1. The smallest absolute Gasteiger partial charge is 0.387 e. The molecule has 0 aromatic heterocycles.